The van der Waals surface area contributed by atoms with E-state index in [9.17, 15) is 9.18 Å². The van der Waals surface area contributed by atoms with Gasteiger partial charge in [-0.05, 0) is 44.0 Å². The Kier molecular flexibility index (Phi) is 5.78. The van der Waals surface area contributed by atoms with Gasteiger partial charge in [-0.1, -0.05) is 12.1 Å². The predicted octanol–water partition coefficient (Wildman–Crippen LogP) is 2.98. The number of nitrogens with one attached hydrogen (secondary N) is 1. The first-order chi connectivity index (χ1) is 7.75. The van der Waals surface area contributed by atoms with Gasteiger partial charge in [-0.2, -0.15) is 0 Å². The van der Waals surface area contributed by atoms with Gasteiger partial charge in [0.05, 0.1) is 0 Å². The maximum absolute atomic E-state index is 12.9. The number of benzene rings is 1. The van der Waals surface area contributed by atoms with Crippen LogP contribution in [0.2, 0.25) is 0 Å². The summed E-state index contributed by atoms with van der Waals surface area (Å²) >= 11 is 0. The molecule has 2 nitrogen and oxygen atoms in total. The van der Waals surface area contributed by atoms with Gasteiger partial charge >= 0.3 is 0 Å². The lowest BCUT2D eigenvalue weighted by atomic mass is 9.91. The van der Waals surface area contributed by atoms with E-state index in [0.29, 0.717) is 17.9 Å². The molecule has 94 valence electrons. The van der Waals surface area contributed by atoms with Crippen LogP contribution >= 0.6 is 17.0 Å². The van der Waals surface area contributed by atoms with Crippen molar-refractivity contribution in [2.75, 3.05) is 13.1 Å². The van der Waals surface area contributed by atoms with Gasteiger partial charge in [-0.15, -0.1) is 17.0 Å². The fourth-order valence-electron chi connectivity index (χ4n) is 2.13. The van der Waals surface area contributed by atoms with Gasteiger partial charge in [0.2, 0.25) is 0 Å². The molecule has 1 N–H and O–H groups in total. The molecule has 0 aromatic heterocycles. The number of hydrogen-bond acceptors (Lipinski definition) is 2. The van der Waals surface area contributed by atoms with Crippen molar-refractivity contribution in [3.63, 3.8) is 0 Å². The van der Waals surface area contributed by atoms with E-state index in [0.717, 1.165) is 25.9 Å². The Hall–Kier alpha value is -0.740. The molecular weight excluding hydrogens is 285 g/mol. The van der Waals surface area contributed by atoms with Gasteiger partial charge in [0.15, 0.2) is 5.78 Å². The molecule has 1 heterocycles. The first-order valence-electron chi connectivity index (χ1n) is 5.75. The van der Waals surface area contributed by atoms with Crippen LogP contribution in [0.1, 0.15) is 29.6 Å². The first kappa shape index (κ1) is 14.3. The number of rotatable bonds is 3. The van der Waals surface area contributed by atoms with Crippen molar-refractivity contribution >= 4 is 22.8 Å². The third-order valence-corrected chi connectivity index (χ3v) is 3.08. The first-order valence-corrected chi connectivity index (χ1v) is 5.75. The van der Waals surface area contributed by atoms with Crippen molar-refractivity contribution in [1.82, 2.24) is 5.32 Å². The molecule has 17 heavy (non-hydrogen) atoms. The highest BCUT2D eigenvalue weighted by molar-refractivity contribution is 8.93. The normalized spacial score (nSPS) is 16.3. The number of Topliss-reactive ketones (excluding diaryl/α,β-unsaturated/α-hetero) is 1. The molecule has 1 aromatic carbocycles. The predicted molar refractivity (Wildman–Crippen MR) is 71.3 cm³/mol. The Bertz CT molecular complexity index is 377. The molecule has 1 aliphatic rings. The zero-order valence-electron chi connectivity index (χ0n) is 9.62. The molecule has 4 heteroatoms. The lowest BCUT2D eigenvalue weighted by molar-refractivity contribution is 0.0952. The summed E-state index contributed by atoms with van der Waals surface area (Å²) in [7, 11) is 0. The molecule has 1 fully saturated rings. The minimum atomic E-state index is -0.337. The smallest absolute Gasteiger partial charge is 0.163 e. The zero-order chi connectivity index (χ0) is 11.4. The van der Waals surface area contributed by atoms with Crippen molar-refractivity contribution < 1.29 is 9.18 Å². The molecule has 1 aromatic rings. The number of halogens is 2. The maximum Gasteiger partial charge on any atom is 0.163 e. The molecule has 0 aliphatic carbocycles. The molecule has 0 saturated carbocycles. The summed E-state index contributed by atoms with van der Waals surface area (Å²) in [5, 5.41) is 3.27. The third kappa shape index (κ3) is 4.21. The van der Waals surface area contributed by atoms with Crippen LogP contribution in [0.15, 0.2) is 24.3 Å². The van der Waals surface area contributed by atoms with Crippen LogP contribution in [0, 0.1) is 11.7 Å². The number of carbonyl (C=O) groups excluding carboxylic acids is 1. The Balaban J connectivity index is 0.00000144. The van der Waals surface area contributed by atoms with E-state index in [1.54, 1.807) is 12.1 Å². The SMILES string of the molecule is Br.O=C(CC1CCNCC1)c1cccc(F)c1. The van der Waals surface area contributed by atoms with E-state index < -0.39 is 0 Å². The fraction of sp³-hybridized carbons (Fsp3) is 0.462. The van der Waals surface area contributed by atoms with E-state index in [1.165, 1.54) is 12.1 Å². The van der Waals surface area contributed by atoms with Crippen LogP contribution in [0.25, 0.3) is 0 Å². The van der Waals surface area contributed by atoms with Crippen LogP contribution < -0.4 is 5.32 Å². The van der Waals surface area contributed by atoms with Crippen molar-refractivity contribution in [2.45, 2.75) is 19.3 Å². The highest BCUT2D eigenvalue weighted by atomic mass is 79.9. The fourth-order valence-corrected chi connectivity index (χ4v) is 2.13. The largest absolute Gasteiger partial charge is 0.317 e. The van der Waals surface area contributed by atoms with Crippen LogP contribution in [0.4, 0.5) is 4.39 Å². The molecule has 1 saturated heterocycles. The van der Waals surface area contributed by atoms with Crippen molar-refractivity contribution in [3.8, 4) is 0 Å². The summed E-state index contributed by atoms with van der Waals surface area (Å²) in [5.41, 5.74) is 0.499. The second kappa shape index (κ2) is 6.87. The van der Waals surface area contributed by atoms with Gasteiger partial charge < -0.3 is 5.32 Å². The van der Waals surface area contributed by atoms with Gasteiger partial charge in [0.1, 0.15) is 5.82 Å². The van der Waals surface area contributed by atoms with E-state index in [4.69, 9.17) is 0 Å². The molecule has 0 amide bonds. The average Bonchev–Trinajstić information content (AvgIpc) is 2.30. The minimum Gasteiger partial charge on any atom is -0.317 e. The Morgan fingerprint density at radius 1 is 1.35 bits per heavy atom. The topological polar surface area (TPSA) is 29.1 Å². The molecule has 0 atom stereocenters. The lowest BCUT2D eigenvalue weighted by Crippen LogP contribution is -2.28. The summed E-state index contributed by atoms with van der Waals surface area (Å²) in [6.07, 6.45) is 2.63. The Morgan fingerprint density at radius 3 is 2.71 bits per heavy atom. The second-order valence-corrected chi connectivity index (χ2v) is 4.33. The summed E-state index contributed by atoms with van der Waals surface area (Å²) < 4.78 is 12.9. The van der Waals surface area contributed by atoms with E-state index >= 15 is 0 Å². The van der Waals surface area contributed by atoms with Crippen LogP contribution in [-0.4, -0.2) is 18.9 Å². The standard InChI is InChI=1S/C13H16FNO.BrH/c14-12-3-1-2-11(9-12)13(16)8-10-4-6-15-7-5-10;/h1-3,9-10,15H,4-8H2;1H. The van der Waals surface area contributed by atoms with E-state index in [2.05, 4.69) is 5.32 Å². The highest BCUT2D eigenvalue weighted by Crippen LogP contribution is 2.19. The molecule has 0 spiro atoms. The molecule has 2 rings (SSSR count). The van der Waals surface area contributed by atoms with Gasteiger partial charge in [-0.3, -0.25) is 4.79 Å². The summed E-state index contributed by atoms with van der Waals surface area (Å²) in [4.78, 5) is 11.9. The minimum absolute atomic E-state index is 0. The van der Waals surface area contributed by atoms with Crippen molar-refractivity contribution in [3.05, 3.63) is 35.6 Å². The second-order valence-electron chi connectivity index (χ2n) is 4.33. The number of hydrogen-bond donors (Lipinski definition) is 1. The molecule has 0 radical (unpaired) electrons. The van der Waals surface area contributed by atoms with Crippen molar-refractivity contribution in [2.24, 2.45) is 5.92 Å². The van der Waals surface area contributed by atoms with Crippen LogP contribution in [0.5, 0.6) is 0 Å². The van der Waals surface area contributed by atoms with E-state index in [-0.39, 0.29) is 28.6 Å². The van der Waals surface area contributed by atoms with Crippen LogP contribution in [-0.2, 0) is 0 Å². The Labute approximate surface area is 111 Å². The third-order valence-electron chi connectivity index (χ3n) is 3.08. The summed E-state index contributed by atoms with van der Waals surface area (Å²) in [5.74, 6) is 0.180. The molecular formula is C13H17BrFNO. The van der Waals surface area contributed by atoms with Gasteiger partial charge in [0.25, 0.3) is 0 Å². The van der Waals surface area contributed by atoms with Gasteiger partial charge in [0, 0.05) is 12.0 Å². The number of piperidine rings is 1. The number of carbonyl (C=O) groups is 1. The molecule has 0 bridgehead atoms. The molecule has 0 unspecified atom stereocenters. The lowest BCUT2D eigenvalue weighted by Gasteiger charge is -2.21. The van der Waals surface area contributed by atoms with Crippen LogP contribution in [0.3, 0.4) is 0 Å². The van der Waals surface area contributed by atoms with E-state index in [1.807, 2.05) is 0 Å². The quantitative estimate of drug-likeness (QED) is 0.870. The molecule has 1 aliphatic heterocycles. The monoisotopic (exact) mass is 301 g/mol. The zero-order valence-corrected chi connectivity index (χ0v) is 11.3. The number of ketones is 1. The summed E-state index contributed by atoms with van der Waals surface area (Å²) in [6.45, 7) is 1.97. The summed E-state index contributed by atoms with van der Waals surface area (Å²) in [6, 6.07) is 5.96. The van der Waals surface area contributed by atoms with Gasteiger partial charge in [-0.25, -0.2) is 4.39 Å². The average molecular weight is 302 g/mol. The highest BCUT2D eigenvalue weighted by Gasteiger charge is 2.17. The Morgan fingerprint density at radius 2 is 2.06 bits per heavy atom. The van der Waals surface area contributed by atoms with Crippen molar-refractivity contribution in [1.29, 1.82) is 0 Å². The maximum atomic E-state index is 12.9.